The molecular formula is C38H41F3N4O6S. The van der Waals surface area contributed by atoms with Crippen LogP contribution in [0, 0.1) is 13.8 Å². The van der Waals surface area contributed by atoms with E-state index in [4.69, 9.17) is 9.73 Å². The Hall–Kier alpha value is -4.53. The maximum Gasteiger partial charge on any atom is 0.416 e. The van der Waals surface area contributed by atoms with Crippen molar-refractivity contribution in [2.45, 2.75) is 70.4 Å². The Balaban J connectivity index is 1.06. The molecule has 1 spiro atoms. The van der Waals surface area contributed by atoms with Crippen molar-refractivity contribution in [3.05, 3.63) is 105 Å². The van der Waals surface area contributed by atoms with Gasteiger partial charge in [0.25, 0.3) is 11.8 Å². The summed E-state index contributed by atoms with van der Waals surface area (Å²) in [5.74, 6) is 0.0395. The molecule has 0 bridgehead atoms. The van der Waals surface area contributed by atoms with Gasteiger partial charge in [0.2, 0.25) is 10.0 Å². The predicted molar refractivity (Wildman–Crippen MR) is 190 cm³/mol. The third kappa shape index (κ3) is 8.08. The Morgan fingerprint density at radius 1 is 0.981 bits per heavy atom. The molecule has 0 unspecified atom stereocenters. The van der Waals surface area contributed by atoms with Gasteiger partial charge in [0, 0.05) is 42.7 Å². The fraction of sp³-hybridized carbons (Fsp3) is 0.395. The number of nitrogens with zero attached hydrogens (tertiary/aromatic N) is 3. The molecule has 3 aromatic rings. The Morgan fingerprint density at radius 3 is 2.23 bits per heavy atom. The number of hydrogen-bond donors (Lipinski definition) is 2. The van der Waals surface area contributed by atoms with Crippen LogP contribution in [0.5, 0.6) is 5.75 Å². The van der Waals surface area contributed by atoms with Gasteiger partial charge in [0.15, 0.2) is 0 Å². The van der Waals surface area contributed by atoms with Crippen molar-refractivity contribution in [2.75, 3.05) is 26.2 Å². The zero-order valence-electron chi connectivity index (χ0n) is 29.2. The summed E-state index contributed by atoms with van der Waals surface area (Å²) in [6.45, 7) is 6.60. The number of halogens is 3. The van der Waals surface area contributed by atoms with Crippen LogP contribution in [0.2, 0.25) is 0 Å². The van der Waals surface area contributed by atoms with Crippen LogP contribution in [-0.2, 0) is 27.6 Å². The second kappa shape index (κ2) is 14.1. The van der Waals surface area contributed by atoms with Gasteiger partial charge in [-0.3, -0.25) is 14.6 Å². The number of ether oxygens (including phenoxy) is 1. The van der Waals surface area contributed by atoms with Gasteiger partial charge in [0.1, 0.15) is 23.7 Å². The second-order valence-electron chi connectivity index (χ2n) is 14.0. The number of sulfonamides is 1. The Kier molecular flexibility index (Phi) is 10.1. The fourth-order valence-electron chi connectivity index (χ4n) is 6.77. The maximum absolute atomic E-state index is 13.4. The van der Waals surface area contributed by atoms with E-state index in [1.165, 1.54) is 16.4 Å². The van der Waals surface area contributed by atoms with Crippen LogP contribution in [0.25, 0.3) is 6.08 Å². The average molecular weight is 739 g/mol. The summed E-state index contributed by atoms with van der Waals surface area (Å²) in [7, 11) is -3.83. The van der Waals surface area contributed by atoms with Crippen molar-refractivity contribution >= 4 is 33.7 Å². The van der Waals surface area contributed by atoms with E-state index < -0.39 is 32.9 Å². The normalized spacial score (nSPS) is 19.2. The van der Waals surface area contributed by atoms with E-state index in [2.05, 4.69) is 5.32 Å². The highest BCUT2D eigenvalue weighted by Gasteiger charge is 2.47. The molecule has 6 rings (SSSR count). The molecule has 3 aliphatic rings. The van der Waals surface area contributed by atoms with E-state index in [0.717, 1.165) is 28.7 Å². The number of nitrogens with one attached hydrogen (secondary N) is 1. The quantitative estimate of drug-likeness (QED) is 0.310. The van der Waals surface area contributed by atoms with Crippen molar-refractivity contribution < 1.29 is 41.0 Å². The van der Waals surface area contributed by atoms with Crippen LogP contribution < -0.4 is 10.1 Å². The minimum atomic E-state index is -4.47. The summed E-state index contributed by atoms with van der Waals surface area (Å²) in [4.78, 5) is 32.8. The van der Waals surface area contributed by atoms with Gasteiger partial charge < -0.3 is 20.1 Å². The van der Waals surface area contributed by atoms with Gasteiger partial charge >= 0.3 is 6.18 Å². The number of amides is 2. The number of carbonyl (C=O) groups is 2. The number of piperidine rings is 2. The lowest BCUT2D eigenvalue weighted by molar-refractivity contribution is -0.137. The van der Waals surface area contributed by atoms with Gasteiger partial charge in [0.05, 0.1) is 11.2 Å². The largest absolute Gasteiger partial charge is 0.489 e. The van der Waals surface area contributed by atoms with Gasteiger partial charge in [-0.15, -0.1) is 0 Å². The number of hydrogen-bond acceptors (Lipinski definition) is 7. The number of carbonyl (C=O) groups excluding carboxylic acids is 2. The highest BCUT2D eigenvalue weighted by Crippen LogP contribution is 2.34. The van der Waals surface area contributed by atoms with Gasteiger partial charge in [-0.05, 0) is 105 Å². The average Bonchev–Trinajstić information content (AvgIpc) is 3.41. The number of rotatable bonds is 8. The molecule has 0 saturated carbocycles. The van der Waals surface area contributed by atoms with Crippen LogP contribution in [-0.4, -0.2) is 77.7 Å². The molecule has 0 aliphatic carbocycles. The molecule has 276 valence electrons. The fourth-order valence-corrected chi connectivity index (χ4v) is 7.94. The maximum atomic E-state index is 13.4. The number of aryl methyl sites for hydroxylation is 2. The van der Waals surface area contributed by atoms with Gasteiger partial charge in [-0.25, -0.2) is 8.42 Å². The van der Waals surface area contributed by atoms with Crippen LogP contribution in [0.1, 0.15) is 76.3 Å². The first-order chi connectivity index (χ1) is 24.4. The number of aliphatic imine (C=N–C) groups is 1. The number of aliphatic hydroxyl groups is 1. The molecule has 3 heterocycles. The first kappa shape index (κ1) is 37.2. The number of amidine groups is 1. The molecule has 10 nitrogen and oxygen atoms in total. The highest BCUT2D eigenvalue weighted by atomic mass is 32.2. The molecule has 0 atom stereocenters. The summed E-state index contributed by atoms with van der Waals surface area (Å²) < 4.78 is 72.7. The molecule has 3 aliphatic heterocycles. The zero-order valence-corrected chi connectivity index (χ0v) is 30.0. The molecule has 14 heteroatoms. The van der Waals surface area contributed by atoms with Crippen molar-refractivity contribution in [1.82, 2.24) is 14.5 Å². The van der Waals surface area contributed by atoms with Gasteiger partial charge in [-0.2, -0.15) is 17.5 Å². The van der Waals surface area contributed by atoms with Gasteiger partial charge in [-0.1, -0.05) is 30.3 Å². The second-order valence-corrected chi connectivity index (χ2v) is 15.8. The summed E-state index contributed by atoms with van der Waals surface area (Å²) in [5, 5.41) is 14.2. The topological polar surface area (TPSA) is 129 Å². The van der Waals surface area contributed by atoms with E-state index in [-0.39, 0.29) is 50.1 Å². The lowest BCUT2D eigenvalue weighted by Crippen LogP contribution is -2.50. The van der Waals surface area contributed by atoms with Crippen LogP contribution in [0.3, 0.4) is 0 Å². The van der Waals surface area contributed by atoms with Crippen molar-refractivity contribution in [3.8, 4) is 5.75 Å². The van der Waals surface area contributed by atoms with E-state index in [1.807, 2.05) is 13.8 Å². The van der Waals surface area contributed by atoms with E-state index in [9.17, 15) is 36.3 Å². The standard InChI is InChI=1S/C38H41F3N4O6S/c1-25-21-29(34(46)44-16-12-36(3,48)13-17-44)22-26(2)32(25)11-20-52(49,50)45-18-14-37(15-19-45)35(47)42-33(43-37)28-9-7-27(8-10-28)24-51-31-6-4-5-30(23-31)38(39,40)41/h4-11,20-23,48H,12-19,24H2,1-3H3,(H,42,43,47)/b20-11+. The number of likely N-dealkylation sites (tertiary alicyclic amines) is 1. The Labute approximate surface area is 301 Å². The lowest BCUT2D eigenvalue weighted by Gasteiger charge is -2.36. The lowest BCUT2D eigenvalue weighted by atomic mass is 9.89. The molecule has 2 amide bonds. The minimum Gasteiger partial charge on any atom is -0.489 e. The first-order valence-electron chi connectivity index (χ1n) is 17.1. The molecule has 2 N–H and O–H groups in total. The molecular weight excluding hydrogens is 698 g/mol. The Morgan fingerprint density at radius 2 is 1.62 bits per heavy atom. The molecule has 52 heavy (non-hydrogen) atoms. The smallest absolute Gasteiger partial charge is 0.416 e. The van der Waals surface area contributed by atoms with Crippen molar-refractivity contribution in [3.63, 3.8) is 0 Å². The molecule has 2 saturated heterocycles. The number of benzene rings is 3. The summed E-state index contributed by atoms with van der Waals surface area (Å²) in [6, 6.07) is 15.1. The first-order valence-corrected chi connectivity index (χ1v) is 18.6. The van der Waals surface area contributed by atoms with Crippen LogP contribution in [0.15, 0.2) is 71.1 Å². The Bertz CT molecular complexity index is 2000. The van der Waals surface area contributed by atoms with E-state index in [1.54, 1.807) is 54.3 Å². The molecule has 0 radical (unpaired) electrons. The minimum absolute atomic E-state index is 0.0394. The third-order valence-electron chi connectivity index (χ3n) is 10.1. The monoisotopic (exact) mass is 738 g/mol. The SMILES string of the molecule is Cc1cc(C(=O)N2CCC(C)(O)CC2)cc(C)c1/C=C/S(=O)(=O)N1CCC2(CC1)N=C(c1ccc(COc3cccc(C(F)(F)F)c3)cc1)NC2=O. The summed E-state index contributed by atoms with van der Waals surface area (Å²) in [5.41, 5.74) is 1.42. The van der Waals surface area contributed by atoms with Crippen LogP contribution in [0.4, 0.5) is 13.2 Å². The molecule has 0 aromatic heterocycles. The predicted octanol–water partition coefficient (Wildman–Crippen LogP) is 5.60. The zero-order chi connectivity index (χ0) is 37.5. The van der Waals surface area contributed by atoms with Crippen molar-refractivity contribution in [2.24, 2.45) is 4.99 Å². The van der Waals surface area contributed by atoms with E-state index >= 15 is 0 Å². The summed E-state index contributed by atoms with van der Waals surface area (Å²) >= 11 is 0. The number of alkyl halides is 3. The molecule has 2 fully saturated rings. The highest BCUT2D eigenvalue weighted by molar-refractivity contribution is 7.92. The van der Waals surface area contributed by atoms with Crippen LogP contribution >= 0.6 is 0 Å². The van der Waals surface area contributed by atoms with Crippen molar-refractivity contribution in [1.29, 1.82) is 0 Å². The van der Waals surface area contributed by atoms with E-state index in [0.29, 0.717) is 54.0 Å². The third-order valence-corrected chi connectivity index (χ3v) is 11.6. The molecule has 3 aromatic carbocycles. The summed E-state index contributed by atoms with van der Waals surface area (Å²) in [6.07, 6.45) is -1.52.